The van der Waals surface area contributed by atoms with Crippen LogP contribution in [0.5, 0.6) is 0 Å². The summed E-state index contributed by atoms with van der Waals surface area (Å²) in [6.07, 6.45) is 5.14. The number of nitrogens with one attached hydrogen (secondary N) is 2. The zero-order chi connectivity index (χ0) is 13.5. The Morgan fingerprint density at radius 3 is 2.39 bits per heavy atom. The first-order chi connectivity index (χ1) is 8.52. The van der Waals surface area contributed by atoms with E-state index in [4.69, 9.17) is 5.11 Å². The van der Waals surface area contributed by atoms with Crippen LogP contribution in [-0.4, -0.2) is 29.7 Å². The molecule has 0 bridgehead atoms. The van der Waals surface area contributed by atoms with Gasteiger partial charge in [-0.25, -0.2) is 9.59 Å². The van der Waals surface area contributed by atoms with Crippen LogP contribution in [0, 0.1) is 11.8 Å². The zero-order valence-corrected chi connectivity index (χ0v) is 11.2. The van der Waals surface area contributed by atoms with Gasteiger partial charge in [0.25, 0.3) is 0 Å². The first-order valence-electron chi connectivity index (χ1n) is 6.80. The molecule has 3 N–H and O–H groups in total. The second-order valence-electron chi connectivity index (χ2n) is 5.28. The van der Waals surface area contributed by atoms with Gasteiger partial charge in [-0.05, 0) is 31.1 Å². The SMILES string of the molecule is CCC(NC(=O)NCC1CCC(C)CC1)C(=O)O. The molecule has 5 heteroatoms. The Kier molecular flexibility index (Phi) is 5.95. The van der Waals surface area contributed by atoms with Crippen LogP contribution in [0.3, 0.4) is 0 Å². The quantitative estimate of drug-likeness (QED) is 0.703. The lowest BCUT2D eigenvalue weighted by molar-refractivity contribution is -0.139. The van der Waals surface area contributed by atoms with Crippen molar-refractivity contribution in [2.24, 2.45) is 11.8 Å². The Bertz CT molecular complexity index is 286. The fourth-order valence-corrected chi connectivity index (χ4v) is 2.32. The highest BCUT2D eigenvalue weighted by Gasteiger charge is 2.20. The number of rotatable bonds is 5. The van der Waals surface area contributed by atoms with Gasteiger partial charge in [0, 0.05) is 6.54 Å². The van der Waals surface area contributed by atoms with E-state index in [0.29, 0.717) is 18.9 Å². The predicted octanol–water partition coefficient (Wildman–Crippen LogP) is 1.98. The molecule has 104 valence electrons. The van der Waals surface area contributed by atoms with Crippen molar-refractivity contribution in [2.45, 2.75) is 52.0 Å². The van der Waals surface area contributed by atoms with Crippen LogP contribution in [0.4, 0.5) is 4.79 Å². The highest BCUT2D eigenvalue weighted by molar-refractivity contribution is 5.82. The second kappa shape index (κ2) is 7.24. The Morgan fingerprint density at radius 2 is 1.89 bits per heavy atom. The van der Waals surface area contributed by atoms with Crippen molar-refractivity contribution in [3.05, 3.63) is 0 Å². The summed E-state index contributed by atoms with van der Waals surface area (Å²) >= 11 is 0. The number of urea groups is 1. The molecule has 0 aliphatic heterocycles. The number of amides is 2. The van der Waals surface area contributed by atoms with Gasteiger partial charge in [-0.1, -0.05) is 26.7 Å². The van der Waals surface area contributed by atoms with Crippen LogP contribution in [0.2, 0.25) is 0 Å². The molecule has 0 radical (unpaired) electrons. The minimum Gasteiger partial charge on any atom is -0.480 e. The molecular weight excluding hydrogens is 232 g/mol. The van der Waals surface area contributed by atoms with Gasteiger partial charge in [0.15, 0.2) is 0 Å². The van der Waals surface area contributed by atoms with Gasteiger partial charge in [0.1, 0.15) is 6.04 Å². The maximum atomic E-state index is 11.5. The van der Waals surface area contributed by atoms with Crippen molar-refractivity contribution in [3.8, 4) is 0 Å². The summed E-state index contributed by atoms with van der Waals surface area (Å²) in [4.78, 5) is 22.3. The molecule has 1 atom stereocenters. The van der Waals surface area contributed by atoms with E-state index in [1.165, 1.54) is 12.8 Å². The summed E-state index contributed by atoms with van der Waals surface area (Å²) in [5.41, 5.74) is 0. The first-order valence-corrected chi connectivity index (χ1v) is 6.80. The van der Waals surface area contributed by atoms with Crippen LogP contribution in [0.25, 0.3) is 0 Å². The summed E-state index contributed by atoms with van der Waals surface area (Å²) in [5.74, 6) is 0.350. The predicted molar refractivity (Wildman–Crippen MR) is 69.4 cm³/mol. The Hall–Kier alpha value is -1.26. The first kappa shape index (κ1) is 14.8. The average Bonchev–Trinajstić information content (AvgIpc) is 2.35. The molecule has 1 saturated carbocycles. The number of carbonyl (C=O) groups excluding carboxylic acids is 1. The molecule has 18 heavy (non-hydrogen) atoms. The van der Waals surface area contributed by atoms with Gasteiger partial charge in [-0.15, -0.1) is 0 Å². The lowest BCUT2D eigenvalue weighted by atomic mass is 9.83. The summed E-state index contributed by atoms with van der Waals surface area (Å²) in [6, 6.07) is -1.17. The third kappa shape index (κ3) is 4.94. The van der Waals surface area contributed by atoms with E-state index in [9.17, 15) is 9.59 Å². The van der Waals surface area contributed by atoms with Crippen LogP contribution in [-0.2, 0) is 4.79 Å². The monoisotopic (exact) mass is 256 g/mol. The standard InChI is InChI=1S/C13H24N2O3/c1-3-11(12(16)17)15-13(18)14-8-10-6-4-9(2)5-7-10/h9-11H,3-8H2,1-2H3,(H,16,17)(H2,14,15,18). The number of aliphatic carboxylic acids is 1. The molecular formula is C13H24N2O3. The number of carbonyl (C=O) groups is 2. The van der Waals surface area contributed by atoms with Crippen molar-refractivity contribution >= 4 is 12.0 Å². The normalized spacial score (nSPS) is 25.2. The van der Waals surface area contributed by atoms with E-state index < -0.39 is 12.0 Å². The highest BCUT2D eigenvalue weighted by atomic mass is 16.4. The molecule has 0 aromatic carbocycles. The molecule has 0 saturated heterocycles. The van der Waals surface area contributed by atoms with Crippen molar-refractivity contribution in [1.82, 2.24) is 10.6 Å². The largest absolute Gasteiger partial charge is 0.480 e. The van der Waals surface area contributed by atoms with E-state index in [1.54, 1.807) is 6.92 Å². The number of hydrogen-bond acceptors (Lipinski definition) is 2. The highest BCUT2D eigenvalue weighted by Crippen LogP contribution is 2.27. The summed E-state index contributed by atoms with van der Waals surface area (Å²) < 4.78 is 0. The van der Waals surface area contributed by atoms with Crippen molar-refractivity contribution in [2.75, 3.05) is 6.54 Å². The number of hydrogen-bond donors (Lipinski definition) is 3. The minimum atomic E-state index is -0.987. The third-order valence-electron chi connectivity index (χ3n) is 3.70. The number of carboxylic acid groups (broad SMARTS) is 1. The molecule has 1 rings (SSSR count). The fourth-order valence-electron chi connectivity index (χ4n) is 2.32. The molecule has 0 aromatic heterocycles. The molecule has 1 aliphatic rings. The molecule has 1 unspecified atom stereocenters. The number of carboxylic acids is 1. The summed E-state index contributed by atoms with van der Waals surface area (Å²) in [6.45, 7) is 4.64. The van der Waals surface area contributed by atoms with Crippen molar-refractivity contribution < 1.29 is 14.7 Å². The van der Waals surface area contributed by atoms with Gasteiger partial charge in [0.2, 0.25) is 0 Å². The van der Waals surface area contributed by atoms with E-state index >= 15 is 0 Å². The molecule has 1 fully saturated rings. The van der Waals surface area contributed by atoms with Crippen molar-refractivity contribution in [1.29, 1.82) is 0 Å². The van der Waals surface area contributed by atoms with Crippen LogP contribution in [0.15, 0.2) is 0 Å². The lowest BCUT2D eigenvalue weighted by Gasteiger charge is -2.26. The van der Waals surface area contributed by atoms with Gasteiger partial charge < -0.3 is 15.7 Å². The zero-order valence-electron chi connectivity index (χ0n) is 11.2. The third-order valence-corrected chi connectivity index (χ3v) is 3.70. The van der Waals surface area contributed by atoms with Crippen LogP contribution < -0.4 is 10.6 Å². The Morgan fingerprint density at radius 1 is 1.28 bits per heavy atom. The van der Waals surface area contributed by atoms with E-state index in [0.717, 1.165) is 18.8 Å². The molecule has 5 nitrogen and oxygen atoms in total. The van der Waals surface area contributed by atoms with Crippen LogP contribution in [0.1, 0.15) is 46.0 Å². The van der Waals surface area contributed by atoms with Crippen molar-refractivity contribution in [3.63, 3.8) is 0 Å². The van der Waals surface area contributed by atoms with Gasteiger partial charge in [-0.3, -0.25) is 0 Å². The lowest BCUT2D eigenvalue weighted by Crippen LogP contribution is -2.46. The summed E-state index contributed by atoms with van der Waals surface area (Å²) in [7, 11) is 0. The fraction of sp³-hybridized carbons (Fsp3) is 0.846. The van der Waals surface area contributed by atoms with E-state index in [2.05, 4.69) is 17.6 Å². The van der Waals surface area contributed by atoms with E-state index in [-0.39, 0.29) is 6.03 Å². The Labute approximate surface area is 108 Å². The second-order valence-corrected chi connectivity index (χ2v) is 5.28. The van der Waals surface area contributed by atoms with E-state index in [1.807, 2.05) is 0 Å². The molecule has 1 aliphatic carbocycles. The molecule has 0 heterocycles. The molecule has 2 amide bonds. The topological polar surface area (TPSA) is 78.4 Å². The minimum absolute atomic E-state index is 0.372. The van der Waals surface area contributed by atoms with Gasteiger partial charge >= 0.3 is 12.0 Å². The smallest absolute Gasteiger partial charge is 0.326 e. The van der Waals surface area contributed by atoms with Gasteiger partial charge in [0.05, 0.1) is 0 Å². The summed E-state index contributed by atoms with van der Waals surface area (Å²) in [5, 5.41) is 14.1. The average molecular weight is 256 g/mol. The molecule has 0 aromatic rings. The Balaban J connectivity index is 2.22. The maximum Gasteiger partial charge on any atom is 0.326 e. The molecule has 0 spiro atoms. The van der Waals surface area contributed by atoms with Crippen LogP contribution >= 0.6 is 0 Å². The maximum absolute atomic E-state index is 11.5. The van der Waals surface area contributed by atoms with Gasteiger partial charge in [-0.2, -0.15) is 0 Å².